The van der Waals surface area contributed by atoms with Crippen LogP contribution in [0.5, 0.6) is 0 Å². The molecule has 3 rings (SSSR count). The van der Waals surface area contributed by atoms with E-state index in [-0.39, 0.29) is 17.6 Å². The molecule has 4 nitrogen and oxygen atoms in total. The third-order valence-electron chi connectivity index (χ3n) is 3.97. The van der Waals surface area contributed by atoms with Gasteiger partial charge in [0.1, 0.15) is 11.7 Å². The SMILES string of the molecule is O=C(NCc1ccccc1)C1CCN(c2ccc(F)cc2)C1=O. The van der Waals surface area contributed by atoms with Crippen LogP contribution in [0.1, 0.15) is 12.0 Å². The lowest BCUT2D eigenvalue weighted by Crippen LogP contribution is -2.36. The molecule has 1 aliphatic heterocycles. The van der Waals surface area contributed by atoms with Crippen LogP contribution < -0.4 is 10.2 Å². The molecule has 1 saturated heterocycles. The lowest BCUT2D eigenvalue weighted by atomic mass is 10.1. The normalized spacial score (nSPS) is 17.3. The molecule has 23 heavy (non-hydrogen) atoms. The second-order valence-corrected chi connectivity index (χ2v) is 5.51. The number of rotatable bonds is 4. The Morgan fingerprint density at radius 1 is 1.13 bits per heavy atom. The highest BCUT2D eigenvalue weighted by Gasteiger charge is 2.37. The third kappa shape index (κ3) is 3.39. The van der Waals surface area contributed by atoms with Crippen LogP contribution in [-0.4, -0.2) is 18.4 Å². The van der Waals surface area contributed by atoms with Crippen LogP contribution in [0.4, 0.5) is 10.1 Å². The fourth-order valence-corrected chi connectivity index (χ4v) is 2.71. The van der Waals surface area contributed by atoms with Gasteiger partial charge >= 0.3 is 0 Å². The fourth-order valence-electron chi connectivity index (χ4n) is 2.71. The van der Waals surface area contributed by atoms with Crippen LogP contribution in [0.3, 0.4) is 0 Å². The molecule has 2 aromatic carbocycles. The first-order chi connectivity index (χ1) is 11.1. The molecule has 1 aliphatic rings. The predicted octanol–water partition coefficient (Wildman–Crippen LogP) is 2.50. The maximum Gasteiger partial charge on any atom is 0.239 e. The van der Waals surface area contributed by atoms with Crippen LogP contribution in [-0.2, 0) is 16.1 Å². The van der Waals surface area contributed by atoms with E-state index in [4.69, 9.17) is 0 Å². The summed E-state index contributed by atoms with van der Waals surface area (Å²) in [7, 11) is 0. The monoisotopic (exact) mass is 312 g/mol. The van der Waals surface area contributed by atoms with Crippen molar-refractivity contribution in [2.24, 2.45) is 5.92 Å². The Morgan fingerprint density at radius 3 is 2.52 bits per heavy atom. The van der Waals surface area contributed by atoms with E-state index >= 15 is 0 Å². The molecule has 0 spiro atoms. The Morgan fingerprint density at radius 2 is 1.83 bits per heavy atom. The zero-order chi connectivity index (χ0) is 16.2. The number of carbonyl (C=O) groups is 2. The number of amides is 2. The molecule has 2 amide bonds. The van der Waals surface area contributed by atoms with Gasteiger partial charge in [0, 0.05) is 18.8 Å². The number of halogens is 1. The average molecular weight is 312 g/mol. The summed E-state index contributed by atoms with van der Waals surface area (Å²) in [5.74, 6) is -1.52. The van der Waals surface area contributed by atoms with Gasteiger partial charge in [-0.3, -0.25) is 9.59 Å². The fraction of sp³-hybridized carbons (Fsp3) is 0.222. The highest BCUT2D eigenvalue weighted by molar-refractivity contribution is 6.09. The number of hydrogen-bond donors (Lipinski definition) is 1. The van der Waals surface area contributed by atoms with Crippen molar-refractivity contribution in [2.75, 3.05) is 11.4 Å². The third-order valence-corrected chi connectivity index (χ3v) is 3.97. The number of carbonyl (C=O) groups excluding carboxylic acids is 2. The number of nitrogens with zero attached hydrogens (tertiary/aromatic N) is 1. The first-order valence-electron chi connectivity index (χ1n) is 7.54. The van der Waals surface area contributed by atoms with Crippen molar-refractivity contribution in [2.45, 2.75) is 13.0 Å². The number of benzene rings is 2. The van der Waals surface area contributed by atoms with E-state index < -0.39 is 5.92 Å². The highest BCUT2D eigenvalue weighted by Crippen LogP contribution is 2.25. The van der Waals surface area contributed by atoms with Crippen LogP contribution in [0.2, 0.25) is 0 Å². The minimum atomic E-state index is -0.677. The van der Waals surface area contributed by atoms with Crippen molar-refractivity contribution in [1.29, 1.82) is 0 Å². The van der Waals surface area contributed by atoms with E-state index in [9.17, 15) is 14.0 Å². The highest BCUT2D eigenvalue weighted by atomic mass is 19.1. The van der Waals surface area contributed by atoms with Gasteiger partial charge in [-0.25, -0.2) is 4.39 Å². The van der Waals surface area contributed by atoms with Crippen molar-refractivity contribution < 1.29 is 14.0 Å². The van der Waals surface area contributed by atoms with Gasteiger partial charge in [0.2, 0.25) is 11.8 Å². The first kappa shape index (κ1) is 15.2. The second kappa shape index (κ2) is 6.60. The maximum atomic E-state index is 13.0. The first-order valence-corrected chi connectivity index (χ1v) is 7.54. The largest absolute Gasteiger partial charge is 0.351 e. The van der Waals surface area contributed by atoms with E-state index in [2.05, 4.69) is 5.32 Å². The van der Waals surface area contributed by atoms with Crippen molar-refractivity contribution in [1.82, 2.24) is 5.32 Å². The Kier molecular flexibility index (Phi) is 4.37. The Balaban J connectivity index is 1.62. The van der Waals surface area contributed by atoms with Crippen molar-refractivity contribution in [3.05, 3.63) is 66.0 Å². The molecule has 0 bridgehead atoms. The summed E-state index contributed by atoms with van der Waals surface area (Å²) in [5.41, 5.74) is 1.61. The Hall–Kier alpha value is -2.69. The molecule has 1 N–H and O–H groups in total. The van der Waals surface area contributed by atoms with E-state index in [1.165, 1.54) is 17.0 Å². The van der Waals surface area contributed by atoms with E-state index in [0.29, 0.717) is 25.2 Å². The minimum Gasteiger partial charge on any atom is -0.351 e. The van der Waals surface area contributed by atoms with Gasteiger partial charge in [-0.05, 0) is 36.2 Å². The molecule has 0 saturated carbocycles. The number of nitrogens with one attached hydrogen (secondary N) is 1. The topological polar surface area (TPSA) is 49.4 Å². The molecular formula is C18H17FN2O2. The summed E-state index contributed by atoms with van der Waals surface area (Å²) in [6.45, 7) is 0.869. The summed E-state index contributed by atoms with van der Waals surface area (Å²) in [6.07, 6.45) is 0.469. The Bertz CT molecular complexity index is 701. The van der Waals surface area contributed by atoms with Gasteiger partial charge in [0.15, 0.2) is 0 Å². The lowest BCUT2D eigenvalue weighted by molar-refractivity contribution is -0.132. The summed E-state index contributed by atoms with van der Waals surface area (Å²) in [5, 5.41) is 2.81. The average Bonchev–Trinajstić information content (AvgIpc) is 2.96. The molecule has 2 aromatic rings. The van der Waals surface area contributed by atoms with Crippen molar-refractivity contribution >= 4 is 17.5 Å². The van der Waals surface area contributed by atoms with Crippen molar-refractivity contribution in [3.63, 3.8) is 0 Å². The van der Waals surface area contributed by atoms with Gasteiger partial charge < -0.3 is 10.2 Å². The zero-order valence-corrected chi connectivity index (χ0v) is 12.5. The number of hydrogen-bond acceptors (Lipinski definition) is 2. The van der Waals surface area contributed by atoms with Gasteiger partial charge in [-0.2, -0.15) is 0 Å². The van der Waals surface area contributed by atoms with E-state index in [1.54, 1.807) is 12.1 Å². The molecule has 1 unspecified atom stereocenters. The smallest absolute Gasteiger partial charge is 0.239 e. The van der Waals surface area contributed by atoms with Gasteiger partial charge in [-0.15, -0.1) is 0 Å². The van der Waals surface area contributed by atoms with Gasteiger partial charge in [0.25, 0.3) is 0 Å². The van der Waals surface area contributed by atoms with E-state index in [1.807, 2.05) is 30.3 Å². The van der Waals surface area contributed by atoms with Crippen LogP contribution >= 0.6 is 0 Å². The maximum absolute atomic E-state index is 13.0. The molecule has 0 aliphatic carbocycles. The summed E-state index contributed by atoms with van der Waals surface area (Å²) in [6, 6.07) is 15.3. The molecule has 0 radical (unpaired) electrons. The van der Waals surface area contributed by atoms with Gasteiger partial charge in [0.05, 0.1) is 0 Å². The van der Waals surface area contributed by atoms with Gasteiger partial charge in [-0.1, -0.05) is 30.3 Å². The molecular weight excluding hydrogens is 295 g/mol. The predicted molar refractivity (Wildman–Crippen MR) is 85.1 cm³/mol. The lowest BCUT2D eigenvalue weighted by Gasteiger charge is -2.16. The molecule has 1 heterocycles. The summed E-state index contributed by atoms with van der Waals surface area (Å²) in [4.78, 5) is 26.2. The van der Waals surface area contributed by atoms with Crippen molar-refractivity contribution in [3.8, 4) is 0 Å². The molecule has 118 valence electrons. The summed E-state index contributed by atoms with van der Waals surface area (Å²) < 4.78 is 13.0. The molecule has 0 aromatic heterocycles. The van der Waals surface area contributed by atoms with Crippen LogP contribution in [0.15, 0.2) is 54.6 Å². The zero-order valence-electron chi connectivity index (χ0n) is 12.5. The second-order valence-electron chi connectivity index (χ2n) is 5.51. The Labute approximate surface area is 133 Å². The summed E-state index contributed by atoms with van der Waals surface area (Å²) >= 11 is 0. The number of anilines is 1. The van der Waals surface area contributed by atoms with Crippen LogP contribution in [0, 0.1) is 11.7 Å². The molecule has 1 fully saturated rings. The molecule has 5 heteroatoms. The standard InChI is InChI=1S/C18H17FN2O2/c19-14-6-8-15(9-7-14)21-11-10-16(18(21)23)17(22)20-12-13-4-2-1-3-5-13/h1-9,16H,10-12H2,(H,20,22). The van der Waals surface area contributed by atoms with E-state index in [0.717, 1.165) is 5.56 Å². The molecule has 1 atom stereocenters. The van der Waals surface area contributed by atoms with Crippen LogP contribution in [0.25, 0.3) is 0 Å². The quantitative estimate of drug-likeness (QED) is 0.882. The minimum absolute atomic E-state index is 0.234.